The fourth-order valence-corrected chi connectivity index (χ4v) is 5.69. The topological polar surface area (TPSA) is 86.4 Å². The van der Waals surface area contributed by atoms with Gasteiger partial charge in [0.1, 0.15) is 0 Å². The molecule has 1 saturated carbocycles. The van der Waals surface area contributed by atoms with E-state index in [-0.39, 0.29) is 36.4 Å². The summed E-state index contributed by atoms with van der Waals surface area (Å²) in [5.41, 5.74) is 3.58. The summed E-state index contributed by atoms with van der Waals surface area (Å²) >= 11 is 0. The average molecular weight is 424 g/mol. The van der Waals surface area contributed by atoms with Crippen LogP contribution in [0.2, 0.25) is 0 Å². The smallest absolute Gasteiger partial charge is 0.410 e. The molecule has 2 amide bonds. The Morgan fingerprint density at radius 2 is 1.77 bits per heavy atom. The summed E-state index contributed by atoms with van der Waals surface area (Å²) in [6.45, 7) is 10.4. The van der Waals surface area contributed by atoms with Gasteiger partial charge in [0.05, 0.1) is 31.3 Å². The maximum Gasteiger partial charge on any atom is 0.410 e. The highest BCUT2D eigenvalue weighted by atomic mass is 16.6. The van der Waals surface area contributed by atoms with Gasteiger partial charge < -0.3 is 19.7 Å². The first kappa shape index (κ1) is 21.6. The number of hydrazine groups is 1. The van der Waals surface area contributed by atoms with Crippen molar-refractivity contribution in [3.63, 3.8) is 0 Å². The quantitative estimate of drug-likeness (QED) is 0.707. The normalized spacial score (nSPS) is 35.2. The number of ether oxygens (including phenoxy) is 2. The van der Waals surface area contributed by atoms with Gasteiger partial charge in [0.15, 0.2) is 0 Å². The van der Waals surface area contributed by atoms with Gasteiger partial charge in [-0.05, 0) is 51.9 Å². The Hall–Kier alpha value is -1.58. The van der Waals surface area contributed by atoms with Gasteiger partial charge in [0, 0.05) is 38.8 Å². The predicted octanol–water partition coefficient (Wildman–Crippen LogP) is 1.25. The number of rotatable bonds is 3. The van der Waals surface area contributed by atoms with Crippen LogP contribution in [0, 0.1) is 11.8 Å². The number of hydrogen-bond acceptors (Lipinski definition) is 7. The highest BCUT2D eigenvalue weighted by Crippen LogP contribution is 2.40. The Balaban J connectivity index is 1.49. The van der Waals surface area contributed by atoms with Gasteiger partial charge in [-0.3, -0.25) is 10.3 Å². The van der Waals surface area contributed by atoms with Crippen molar-refractivity contribution in [1.82, 2.24) is 25.6 Å². The number of amides is 2. The van der Waals surface area contributed by atoms with Gasteiger partial charge >= 0.3 is 12.2 Å². The first-order valence-electron chi connectivity index (χ1n) is 11.4. The molecule has 4 fully saturated rings. The molecule has 0 aromatic carbocycles. The molecule has 0 aromatic rings. The van der Waals surface area contributed by atoms with Crippen molar-refractivity contribution in [3.8, 4) is 0 Å². The number of nitrogens with zero attached hydrogens (tertiary/aromatic N) is 3. The fourth-order valence-electron chi connectivity index (χ4n) is 5.69. The van der Waals surface area contributed by atoms with Crippen molar-refractivity contribution >= 4 is 12.2 Å². The number of carbonyl (C=O) groups excluding carboxylic acids is 2. The SMILES string of the molecule is COC(=O)N1C2CCC(C3CNN(C4CNC4)C3)CC2N(C(=O)OC(C)C)C[C@@H]1C. The van der Waals surface area contributed by atoms with E-state index in [1.165, 1.54) is 7.11 Å². The Morgan fingerprint density at radius 1 is 1.00 bits per heavy atom. The van der Waals surface area contributed by atoms with E-state index in [4.69, 9.17) is 9.47 Å². The molecule has 4 unspecified atom stereocenters. The van der Waals surface area contributed by atoms with Crippen molar-refractivity contribution < 1.29 is 19.1 Å². The molecule has 170 valence electrons. The molecule has 3 saturated heterocycles. The van der Waals surface area contributed by atoms with Crippen LogP contribution in [0.3, 0.4) is 0 Å². The molecule has 30 heavy (non-hydrogen) atoms. The second-order valence-corrected chi connectivity index (χ2v) is 9.61. The van der Waals surface area contributed by atoms with Crippen LogP contribution in [0.15, 0.2) is 0 Å². The zero-order valence-electron chi connectivity index (χ0n) is 18.7. The monoisotopic (exact) mass is 423 g/mol. The van der Waals surface area contributed by atoms with E-state index in [9.17, 15) is 9.59 Å². The molecule has 0 aromatic heterocycles. The van der Waals surface area contributed by atoms with Crippen molar-refractivity contribution in [2.45, 2.75) is 70.3 Å². The van der Waals surface area contributed by atoms with Crippen LogP contribution in [-0.2, 0) is 9.47 Å². The maximum absolute atomic E-state index is 12.9. The fraction of sp³-hybridized carbons (Fsp3) is 0.905. The molecule has 1 aliphatic carbocycles. The number of hydrogen-bond donors (Lipinski definition) is 2. The minimum Gasteiger partial charge on any atom is -0.453 e. The zero-order chi connectivity index (χ0) is 21.4. The molecule has 9 nitrogen and oxygen atoms in total. The molecule has 4 aliphatic rings. The molecular formula is C21H37N5O4. The van der Waals surface area contributed by atoms with Crippen molar-refractivity contribution in [3.05, 3.63) is 0 Å². The Labute approximate surface area is 179 Å². The third-order valence-electron chi connectivity index (χ3n) is 7.33. The van der Waals surface area contributed by atoms with Crippen LogP contribution in [-0.4, -0.2) is 97.1 Å². The lowest BCUT2D eigenvalue weighted by Crippen LogP contribution is -2.67. The lowest BCUT2D eigenvalue weighted by atomic mass is 9.73. The average Bonchev–Trinajstić information content (AvgIpc) is 3.14. The third-order valence-corrected chi connectivity index (χ3v) is 7.33. The van der Waals surface area contributed by atoms with Crippen LogP contribution in [0.4, 0.5) is 9.59 Å². The summed E-state index contributed by atoms with van der Waals surface area (Å²) in [6.07, 6.45) is 2.15. The van der Waals surface area contributed by atoms with Crippen LogP contribution in [0.25, 0.3) is 0 Å². The van der Waals surface area contributed by atoms with Crippen molar-refractivity contribution in [1.29, 1.82) is 0 Å². The first-order chi connectivity index (χ1) is 14.4. The number of methoxy groups -OCH3 is 1. The summed E-state index contributed by atoms with van der Waals surface area (Å²) in [4.78, 5) is 29.2. The molecular weight excluding hydrogens is 386 g/mol. The Bertz CT molecular complexity index is 643. The largest absolute Gasteiger partial charge is 0.453 e. The Kier molecular flexibility index (Phi) is 6.41. The van der Waals surface area contributed by atoms with Gasteiger partial charge in [0.2, 0.25) is 0 Å². The van der Waals surface area contributed by atoms with E-state index < -0.39 is 0 Å². The first-order valence-corrected chi connectivity index (χ1v) is 11.4. The Morgan fingerprint density at radius 3 is 2.40 bits per heavy atom. The second kappa shape index (κ2) is 8.88. The van der Waals surface area contributed by atoms with Crippen LogP contribution in [0.1, 0.15) is 40.0 Å². The highest BCUT2D eigenvalue weighted by Gasteiger charge is 2.49. The van der Waals surface area contributed by atoms with Gasteiger partial charge in [-0.15, -0.1) is 0 Å². The molecule has 2 N–H and O–H groups in total. The van der Waals surface area contributed by atoms with E-state index >= 15 is 0 Å². The number of carbonyl (C=O) groups is 2. The van der Waals surface area contributed by atoms with Crippen LogP contribution in [0.5, 0.6) is 0 Å². The summed E-state index contributed by atoms with van der Waals surface area (Å²) in [7, 11) is 1.43. The summed E-state index contributed by atoms with van der Waals surface area (Å²) in [5, 5.41) is 5.73. The molecule has 3 aliphatic heterocycles. The molecule has 0 radical (unpaired) electrons. The van der Waals surface area contributed by atoms with Gasteiger partial charge in [-0.1, -0.05) is 0 Å². The third kappa shape index (κ3) is 4.11. The summed E-state index contributed by atoms with van der Waals surface area (Å²) in [5.74, 6) is 1.10. The molecule has 0 spiro atoms. The lowest BCUT2D eigenvalue weighted by Gasteiger charge is -2.53. The molecule has 9 heteroatoms. The van der Waals surface area contributed by atoms with E-state index in [1.54, 1.807) is 0 Å². The standard InChI is InChI=1S/C21H37N5O4/c1-13(2)30-20(27)24-11-14(3)26(21(28)29-4)18-6-5-15(7-19(18)24)16-8-23-25(12-16)17-9-22-10-17/h13-19,22-23H,5-12H2,1-4H3/t14-,15?,16?,18?,19?/m0/s1. The molecule has 3 heterocycles. The highest BCUT2D eigenvalue weighted by molar-refractivity contribution is 5.72. The molecule has 4 rings (SSSR count). The van der Waals surface area contributed by atoms with E-state index in [0.29, 0.717) is 24.4 Å². The van der Waals surface area contributed by atoms with E-state index in [2.05, 4.69) is 15.8 Å². The summed E-state index contributed by atoms with van der Waals surface area (Å²) in [6, 6.07) is 0.460. The van der Waals surface area contributed by atoms with Gasteiger partial charge in [-0.25, -0.2) is 14.6 Å². The molecule has 5 atom stereocenters. The van der Waals surface area contributed by atoms with Crippen molar-refractivity contribution in [2.24, 2.45) is 11.8 Å². The predicted molar refractivity (Wildman–Crippen MR) is 112 cm³/mol. The van der Waals surface area contributed by atoms with E-state index in [0.717, 1.165) is 45.4 Å². The number of fused-ring (bicyclic) bond motifs is 1. The second-order valence-electron chi connectivity index (χ2n) is 9.61. The van der Waals surface area contributed by atoms with Crippen LogP contribution < -0.4 is 10.7 Å². The number of piperazine rings is 1. The van der Waals surface area contributed by atoms with Gasteiger partial charge in [0.25, 0.3) is 0 Å². The minimum atomic E-state index is -0.293. The van der Waals surface area contributed by atoms with Gasteiger partial charge in [-0.2, -0.15) is 0 Å². The summed E-state index contributed by atoms with van der Waals surface area (Å²) < 4.78 is 10.7. The van der Waals surface area contributed by atoms with Crippen molar-refractivity contribution in [2.75, 3.05) is 39.8 Å². The maximum atomic E-state index is 12.9. The lowest BCUT2D eigenvalue weighted by molar-refractivity contribution is -0.0445. The molecule has 0 bridgehead atoms. The van der Waals surface area contributed by atoms with Crippen LogP contribution >= 0.6 is 0 Å². The number of nitrogens with one attached hydrogen (secondary N) is 2. The zero-order valence-corrected chi connectivity index (χ0v) is 18.7. The minimum absolute atomic E-state index is 0.0153. The van der Waals surface area contributed by atoms with E-state index in [1.807, 2.05) is 30.6 Å².